The number of imidazole rings is 1. The van der Waals surface area contributed by atoms with E-state index < -0.39 is 0 Å². The van der Waals surface area contributed by atoms with Crippen LogP contribution in [-0.2, 0) is 0 Å². The molecule has 1 aromatic carbocycles. The fourth-order valence-electron chi connectivity index (χ4n) is 2.42. The minimum atomic E-state index is 0.423. The van der Waals surface area contributed by atoms with Crippen LogP contribution in [0.2, 0.25) is 0 Å². The molecule has 1 fully saturated rings. The normalized spacial score (nSPS) is 20.8. The molecule has 2 aromatic rings. The van der Waals surface area contributed by atoms with Crippen molar-refractivity contribution in [3.63, 3.8) is 0 Å². The molecule has 3 heteroatoms. The predicted molar refractivity (Wildman–Crippen MR) is 65.5 cm³/mol. The molecule has 0 bridgehead atoms. The van der Waals surface area contributed by atoms with Crippen LogP contribution in [0.3, 0.4) is 0 Å². The minimum absolute atomic E-state index is 0.423. The van der Waals surface area contributed by atoms with Gasteiger partial charge in [0.25, 0.3) is 0 Å². The molecular weight excluding hydrogens is 198 g/mol. The van der Waals surface area contributed by atoms with E-state index in [0.717, 1.165) is 23.4 Å². The number of nitrogens with zero attached hydrogens (tertiary/aromatic N) is 1. The Labute approximate surface area is 95.3 Å². The van der Waals surface area contributed by atoms with Gasteiger partial charge in [-0.15, -0.1) is 0 Å². The highest BCUT2D eigenvalue weighted by Crippen LogP contribution is 2.25. The first kappa shape index (κ1) is 9.85. The number of H-pyrrole nitrogens is 1. The molecule has 0 radical (unpaired) electrons. The van der Waals surface area contributed by atoms with E-state index in [1.54, 1.807) is 0 Å². The second-order valence-electron chi connectivity index (χ2n) is 4.67. The van der Waals surface area contributed by atoms with Gasteiger partial charge in [0, 0.05) is 0 Å². The Hall–Kier alpha value is -1.35. The number of rotatable bonds is 1. The van der Waals surface area contributed by atoms with Crippen LogP contribution in [0.15, 0.2) is 12.1 Å². The standard InChI is InChI=1S/C13H17N3/c1-8-5-6-10-12(9(8)2)16-13(15-10)11-4-3-7-14-11/h5-6,11,14H,3-4,7H2,1-2H3,(H,15,16)/t11-/m1/s1. The molecule has 0 unspecified atom stereocenters. The monoisotopic (exact) mass is 215 g/mol. The van der Waals surface area contributed by atoms with Gasteiger partial charge in [-0.2, -0.15) is 0 Å². The number of fused-ring (bicyclic) bond motifs is 1. The summed E-state index contributed by atoms with van der Waals surface area (Å²) in [7, 11) is 0. The van der Waals surface area contributed by atoms with Crippen LogP contribution in [-0.4, -0.2) is 16.5 Å². The molecule has 1 aliphatic heterocycles. The van der Waals surface area contributed by atoms with Crippen LogP contribution < -0.4 is 5.32 Å². The van der Waals surface area contributed by atoms with Crippen molar-refractivity contribution in [2.24, 2.45) is 0 Å². The van der Waals surface area contributed by atoms with Crippen LogP contribution in [0.25, 0.3) is 11.0 Å². The third-order valence-corrected chi connectivity index (χ3v) is 3.59. The van der Waals surface area contributed by atoms with Gasteiger partial charge in [0.05, 0.1) is 17.1 Å². The minimum Gasteiger partial charge on any atom is -0.341 e. The maximum atomic E-state index is 4.74. The lowest BCUT2D eigenvalue weighted by molar-refractivity contribution is 0.614. The van der Waals surface area contributed by atoms with Crippen molar-refractivity contribution in [3.05, 3.63) is 29.1 Å². The molecule has 1 aliphatic rings. The van der Waals surface area contributed by atoms with Crippen LogP contribution in [0.4, 0.5) is 0 Å². The van der Waals surface area contributed by atoms with Gasteiger partial charge < -0.3 is 10.3 Å². The summed E-state index contributed by atoms with van der Waals surface area (Å²) >= 11 is 0. The number of nitrogens with one attached hydrogen (secondary N) is 2. The summed E-state index contributed by atoms with van der Waals surface area (Å²) in [5.41, 5.74) is 4.89. The molecule has 0 aliphatic carbocycles. The van der Waals surface area contributed by atoms with Gasteiger partial charge in [-0.25, -0.2) is 4.98 Å². The average Bonchev–Trinajstić information content (AvgIpc) is 2.91. The van der Waals surface area contributed by atoms with E-state index in [1.807, 2.05) is 0 Å². The zero-order chi connectivity index (χ0) is 11.1. The third kappa shape index (κ3) is 1.43. The molecule has 3 rings (SSSR count). The number of benzene rings is 1. The van der Waals surface area contributed by atoms with Crippen molar-refractivity contribution in [2.75, 3.05) is 6.54 Å². The maximum Gasteiger partial charge on any atom is 0.124 e. The molecule has 0 amide bonds. The molecule has 1 atom stereocenters. The predicted octanol–water partition coefficient (Wildman–Crippen LogP) is 2.60. The molecule has 84 valence electrons. The highest BCUT2D eigenvalue weighted by atomic mass is 15.0. The summed E-state index contributed by atoms with van der Waals surface area (Å²) in [4.78, 5) is 8.17. The zero-order valence-electron chi connectivity index (χ0n) is 9.80. The summed E-state index contributed by atoms with van der Waals surface area (Å²) in [6.45, 7) is 5.39. The van der Waals surface area contributed by atoms with Gasteiger partial charge in [-0.3, -0.25) is 0 Å². The lowest BCUT2D eigenvalue weighted by atomic mass is 10.1. The highest BCUT2D eigenvalue weighted by molar-refractivity contribution is 5.79. The molecule has 2 heterocycles. The Balaban J connectivity index is 2.11. The lowest BCUT2D eigenvalue weighted by Gasteiger charge is -2.04. The smallest absolute Gasteiger partial charge is 0.124 e. The van der Waals surface area contributed by atoms with Crippen molar-refractivity contribution in [2.45, 2.75) is 32.7 Å². The summed E-state index contributed by atoms with van der Waals surface area (Å²) in [5.74, 6) is 1.10. The zero-order valence-corrected chi connectivity index (χ0v) is 9.80. The van der Waals surface area contributed by atoms with E-state index in [9.17, 15) is 0 Å². The molecule has 1 aromatic heterocycles. The molecule has 2 N–H and O–H groups in total. The SMILES string of the molecule is Cc1ccc2[nH]c([C@H]3CCCN3)nc2c1C. The molecule has 3 nitrogen and oxygen atoms in total. The second kappa shape index (κ2) is 3.59. The van der Waals surface area contributed by atoms with Gasteiger partial charge in [-0.05, 0) is 50.4 Å². The fraction of sp³-hybridized carbons (Fsp3) is 0.462. The maximum absolute atomic E-state index is 4.74. The Morgan fingerprint density at radius 2 is 2.19 bits per heavy atom. The Bertz CT molecular complexity index is 521. The van der Waals surface area contributed by atoms with Crippen molar-refractivity contribution >= 4 is 11.0 Å². The van der Waals surface area contributed by atoms with Gasteiger partial charge in [0.2, 0.25) is 0 Å². The number of hydrogen-bond acceptors (Lipinski definition) is 2. The Kier molecular flexibility index (Phi) is 2.21. The van der Waals surface area contributed by atoms with Crippen LogP contribution >= 0.6 is 0 Å². The van der Waals surface area contributed by atoms with E-state index in [-0.39, 0.29) is 0 Å². The molecule has 16 heavy (non-hydrogen) atoms. The van der Waals surface area contributed by atoms with Gasteiger partial charge in [0.1, 0.15) is 5.82 Å². The van der Waals surface area contributed by atoms with Crippen molar-refractivity contribution in [3.8, 4) is 0 Å². The molecular formula is C13H17N3. The first-order chi connectivity index (χ1) is 7.75. The summed E-state index contributed by atoms with van der Waals surface area (Å²) in [6.07, 6.45) is 2.44. The first-order valence-electron chi connectivity index (χ1n) is 5.95. The first-order valence-corrected chi connectivity index (χ1v) is 5.95. The van der Waals surface area contributed by atoms with Crippen molar-refractivity contribution in [1.29, 1.82) is 0 Å². The van der Waals surface area contributed by atoms with E-state index in [1.165, 1.54) is 24.0 Å². The third-order valence-electron chi connectivity index (χ3n) is 3.59. The topological polar surface area (TPSA) is 40.7 Å². The van der Waals surface area contributed by atoms with Crippen LogP contribution in [0, 0.1) is 13.8 Å². The largest absolute Gasteiger partial charge is 0.341 e. The summed E-state index contributed by atoms with van der Waals surface area (Å²) < 4.78 is 0. The van der Waals surface area contributed by atoms with Crippen LogP contribution in [0.1, 0.15) is 35.8 Å². The molecule has 0 saturated carbocycles. The molecule has 0 spiro atoms. The highest BCUT2D eigenvalue weighted by Gasteiger charge is 2.19. The lowest BCUT2D eigenvalue weighted by Crippen LogP contribution is -2.14. The van der Waals surface area contributed by atoms with Crippen molar-refractivity contribution in [1.82, 2.24) is 15.3 Å². The van der Waals surface area contributed by atoms with Crippen LogP contribution in [0.5, 0.6) is 0 Å². The number of aromatic nitrogens is 2. The van der Waals surface area contributed by atoms with E-state index in [4.69, 9.17) is 4.98 Å². The van der Waals surface area contributed by atoms with Gasteiger partial charge in [0.15, 0.2) is 0 Å². The van der Waals surface area contributed by atoms with Gasteiger partial charge >= 0.3 is 0 Å². The van der Waals surface area contributed by atoms with Crippen molar-refractivity contribution < 1.29 is 0 Å². The van der Waals surface area contributed by atoms with E-state index in [2.05, 4.69) is 36.3 Å². The Morgan fingerprint density at radius 3 is 2.94 bits per heavy atom. The summed E-state index contributed by atoms with van der Waals surface area (Å²) in [6, 6.07) is 4.71. The van der Waals surface area contributed by atoms with E-state index in [0.29, 0.717) is 6.04 Å². The number of aryl methyl sites for hydroxylation is 2. The number of hydrogen-bond donors (Lipinski definition) is 2. The average molecular weight is 215 g/mol. The molecule has 1 saturated heterocycles. The Morgan fingerprint density at radius 1 is 1.31 bits per heavy atom. The summed E-state index contributed by atoms with van der Waals surface area (Å²) in [5, 5.41) is 3.47. The fourth-order valence-corrected chi connectivity index (χ4v) is 2.42. The second-order valence-corrected chi connectivity index (χ2v) is 4.67. The van der Waals surface area contributed by atoms with E-state index >= 15 is 0 Å². The quantitative estimate of drug-likeness (QED) is 0.767. The van der Waals surface area contributed by atoms with Gasteiger partial charge in [-0.1, -0.05) is 6.07 Å². The number of aromatic amines is 1.